The van der Waals surface area contributed by atoms with Gasteiger partial charge in [-0.15, -0.1) is 0 Å². The molecule has 2 aromatic heterocycles. The number of aromatic nitrogens is 4. The van der Waals surface area contributed by atoms with Gasteiger partial charge in [0.05, 0.1) is 29.7 Å². The number of aryl methyl sites for hydroxylation is 1. The van der Waals surface area contributed by atoms with Gasteiger partial charge in [0.25, 0.3) is 5.56 Å². The van der Waals surface area contributed by atoms with Crippen LogP contribution in [-0.4, -0.2) is 26.4 Å². The summed E-state index contributed by atoms with van der Waals surface area (Å²) in [5.74, 6) is 1.21. The van der Waals surface area contributed by atoms with Gasteiger partial charge in [-0.25, -0.2) is 9.67 Å². The van der Waals surface area contributed by atoms with E-state index >= 15 is 0 Å². The molecule has 130 valence electrons. The van der Waals surface area contributed by atoms with E-state index in [1.165, 1.54) is 6.20 Å². The number of benzene rings is 2. The zero-order valence-electron chi connectivity index (χ0n) is 14.2. The Morgan fingerprint density at radius 3 is 2.69 bits per heavy atom. The van der Waals surface area contributed by atoms with E-state index < -0.39 is 0 Å². The van der Waals surface area contributed by atoms with E-state index in [4.69, 9.17) is 16.3 Å². The second-order valence-corrected chi connectivity index (χ2v) is 6.15. The standard InChI is InChI=1S/C19H15ClN4O2/c1-12-22-18-15(11-21-24(18)17-9-4-3-8-16(17)20)19(25)23(12)13-6-5-7-14(10-13)26-2/h3-11H,1-2H3. The molecule has 7 heteroatoms. The lowest BCUT2D eigenvalue weighted by Crippen LogP contribution is -2.22. The molecule has 0 bridgehead atoms. The average Bonchev–Trinajstić information content (AvgIpc) is 3.06. The summed E-state index contributed by atoms with van der Waals surface area (Å²) in [6, 6.07) is 14.6. The van der Waals surface area contributed by atoms with Crippen LogP contribution in [0.25, 0.3) is 22.4 Å². The third kappa shape index (κ3) is 2.55. The fraction of sp³-hybridized carbons (Fsp3) is 0.105. The van der Waals surface area contributed by atoms with Gasteiger partial charge in [0.1, 0.15) is 17.0 Å². The lowest BCUT2D eigenvalue weighted by Gasteiger charge is -2.11. The summed E-state index contributed by atoms with van der Waals surface area (Å²) in [4.78, 5) is 17.7. The third-order valence-corrected chi connectivity index (χ3v) is 4.48. The largest absolute Gasteiger partial charge is 0.497 e. The van der Waals surface area contributed by atoms with Gasteiger partial charge in [-0.05, 0) is 31.2 Å². The van der Waals surface area contributed by atoms with Gasteiger partial charge >= 0.3 is 0 Å². The molecule has 26 heavy (non-hydrogen) atoms. The second-order valence-electron chi connectivity index (χ2n) is 5.75. The van der Waals surface area contributed by atoms with Gasteiger partial charge in [0.2, 0.25) is 0 Å². The Bertz CT molecular complexity index is 1180. The number of hydrogen-bond donors (Lipinski definition) is 0. The Balaban J connectivity index is 1.97. The minimum atomic E-state index is -0.195. The summed E-state index contributed by atoms with van der Waals surface area (Å²) in [7, 11) is 1.59. The van der Waals surface area contributed by atoms with Crippen LogP contribution in [0.4, 0.5) is 0 Å². The van der Waals surface area contributed by atoms with E-state index in [1.54, 1.807) is 35.4 Å². The summed E-state index contributed by atoms with van der Waals surface area (Å²) in [5, 5.41) is 5.28. The summed E-state index contributed by atoms with van der Waals surface area (Å²) < 4.78 is 8.38. The average molecular weight is 367 g/mol. The Kier molecular flexibility index (Phi) is 3.97. The van der Waals surface area contributed by atoms with E-state index in [-0.39, 0.29) is 5.56 Å². The van der Waals surface area contributed by atoms with Crippen molar-refractivity contribution in [3.05, 3.63) is 75.9 Å². The summed E-state index contributed by atoms with van der Waals surface area (Å²) in [6.07, 6.45) is 1.52. The van der Waals surface area contributed by atoms with Crippen molar-refractivity contribution in [2.45, 2.75) is 6.92 Å². The second kappa shape index (κ2) is 6.31. The SMILES string of the molecule is COc1cccc(-n2c(C)nc3c(cnn3-c3ccccc3Cl)c2=O)c1. The van der Waals surface area contributed by atoms with Crippen molar-refractivity contribution in [1.29, 1.82) is 0 Å². The number of nitrogens with zero attached hydrogens (tertiary/aromatic N) is 4. The topological polar surface area (TPSA) is 61.9 Å². The molecule has 0 radical (unpaired) electrons. The first-order chi connectivity index (χ1) is 12.6. The fourth-order valence-electron chi connectivity index (χ4n) is 2.92. The van der Waals surface area contributed by atoms with Gasteiger partial charge in [-0.3, -0.25) is 9.36 Å². The van der Waals surface area contributed by atoms with Crippen LogP contribution < -0.4 is 10.3 Å². The van der Waals surface area contributed by atoms with E-state index in [9.17, 15) is 4.79 Å². The molecule has 0 saturated heterocycles. The van der Waals surface area contributed by atoms with Crippen LogP contribution in [0.3, 0.4) is 0 Å². The smallest absolute Gasteiger partial charge is 0.269 e. The van der Waals surface area contributed by atoms with Gasteiger partial charge in [-0.1, -0.05) is 29.8 Å². The third-order valence-electron chi connectivity index (χ3n) is 4.16. The first kappa shape index (κ1) is 16.4. The van der Waals surface area contributed by atoms with Crippen molar-refractivity contribution in [2.24, 2.45) is 0 Å². The molecule has 0 spiro atoms. The van der Waals surface area contributed by atoms with Crippen LogP contribution in [0.15, 0.2) is 59.5 Å². The molecular formula is C19H15ClN4O2. The van der Waals surface area contributed by atoms with Crippen molar-refractivity contribution in [3.63, 3.8) is 0 Å². The fourth-order valence-corrected chi connectivity index (χ4v) is 3.14. The molecule has 4 aromatic rings. The molecule has 0 fully saturated rings. The molecule has 0 aliphatic rings. The van der Waals surface area contributed by atoms with Crippen LogP contribution in [0, 0.1) is 6.92 Å². The highest BCUT2D eigenvalue weighted by Crippen LogP contribution is 2.23. The molecule has 0 aliphatic heterocycles. The zero-order chi connectivity index (χ0) is 18.3. The number of rotatable bonds is 3. The summed E-state index contributed by atoms with van der Waals surface area (Å²) in [5.41, 5.74) is 1.64. The minimum Gasteiger partial charge on any atom is -0.497 e. The Morgan fingerprint density at radius 1 is 1.12 bits per heavy atom. The van der Waals surface area contributed by atoms with Crippen LogP contribution in [-0.2, 0) is 0 Å². The van der Waals surface area contributed by atoms with Crippen molar-refractivity contribution < 1.29 is 4.74 Å². The minimum absolute atomic E-state index is 0.195. The van der Waals surface area contributed by atoms with Crippen molar-refractivity contribution in [3.8, 4) is 17.1 Å². The molecule has 4 rings (SSSR count). The number of ether oxygens (including phenoxy) is 1. The predicted octanol–water partition coefficient (Wildman–Crippen LogP) is 3.54. The lowest BCUT2D eigenvalue weighted by molar-refractivity contribution is 0.414. The summed E-state index contributed by atoms with van der Waals surface area (Å²) in [6.45, 7) is 1.78. The Hall–Kier alpha value is -3.12. The molecule has 0 N–H and O–H groups in total. The predicted molar refractivity (Wildman–Crippen MR) is 101 cm³/mol. The highest BCUT2D eigenvalue weighted by atomic mass is 35.5. The van der Waals surface area contributed by atoms with Gasteiger partial charge in [0, 0.05) is 6.07 Å². The maximum Gasteiger partial charge on any atom is 0.269 e. The molecule has 6 nitrogen and oxygen atoms in total. The quantitative estimate of drug-likeness (QED) is 0.556. The first-order valence-corrected chi connectivity index (χ1v) is 8.34. The Labute approximate surface area is 154 Å². The van der Waals surface area contributed by atoms with Gasteiger partial charge in [0.15, 0.2) is 5.65 Å². The number of hydrogen-bond acceptors (Lipinski definition) is 4. The monoisotopic (exact) mass is 366 g/mol. The molecular weight excluding hydrogens is 352 g/mol. The van der Waals surface area contributed by atoms with E-state index in [1.807, 2.05) is 36.4 Å². The Morgan fingerprint density at radius 2 is 1.92 bits per heavy atom. The van der Waals surface area contributed by atoms with Crippen LogP contribution >= 0.6 is 11.6 Å². The van der Waals surface area contributed by atoms with Crippen LogP contribution in [0.2, 0.25) is 5.02 Å². The molecule has 0 saturated carbocycles. The van der Waals surface area contributed by atoms with E-state index in [0.717, 1.165) is 0 Å². The number of halogens is 1. The number of para-hydroxylation sites is 1. The number of methoxy groups -OCH3 is 1. The molecule has 2 heterocycles. The maximum absolute atomic E-state index is 13.1. The van der Waals surface area contributed by atoms with E-state index in [2.05, 4.69) is 10.1 Å². The van der Waals surface area contributed by atoms with Crippen molar-refractivity contribution in [1.82, 2.24) is 19.3 Å². The lowest BCUT2D eigenvalue weighted by atomic mass is 10.2. The molecule has 0 aliphatic carbocycles. The molecule has 0 atom stereocenters. The van der Waals surface area contributed by atoms with Crippen molar-refractivity contribution in [2.75, 3.05) is 7.11 Å². The molecule has 0 amide bonds. The van der Waals surface area contributed by atoms with Gasteiger partial charge < -0.3 is 4.74 Å². The van der Waals surface area contributed by atoms with Crippen LogP contribution in [0.5, 0.6) is 5.75 Å². The van der Waals surface area contributed by atoms with Gasteiger partial charge in [-0.2, -0.15) is 5.10 Å². The highest BCUT2D eigenvalue weighted by molar-refractivity contribution is 6.32. The normalized spacial score (nSPS) is 11.0. The molecule has 0 unspecified atom stereocenters. The molecule has 2 aromatic carbocycles. The zero-order valence-corrected chi connectivity index (χ0v) is 14.9. The van der Waals surface area contributed by atoms with Crippen molar-refractivity contribution >= 4 is 22.6 Å². The number of fused-ring (bicyclic) bond motifs is 1. The van der Waals surface area contributed by atoms with E-state index in [0.29, 0.717) is 39.0 Å². The maximum atomic E-state index is 13.1. The summed E-state index contributed by atoms with van der Waals surface area (Å²) >= 11 is 6.27. The highest BCUT2D eigenvalue weighted by Gasteiger charge is 2.16. The van der Waals surface area contributed by atoms with Crippen LogP contribution in [0.1, 0.15) is 5.82 Å². The first-order valence-electron chi connectivity index (χ1n) is 7.97.